The number of amides is 1. The summed E-state index contributed by atoms with van der Waals surface area (Å²) >= 11 is 0. The predicted octanol–water partition coefficient (Wildman–Crippen LogP) is 3.26. The van der Waals surface area contributed by atoms with Crippen LogP contribution >= 0.6 is 0 Å². The van der Waals surface area contributed by atoms with Gasteiger partial charge in [-0.3, -0.25) is 4.79 Å². The van der Waals surface area contributed by atoms with Gasteiger partial charge in [0.15, 0.2) is 0 Å². The minimum absolute atomic E-state index is 0.0531. The predicted molar refractivity (Wildman–Crippen MR) is 104 cm³/mol. The van der Waals surface area contributed by atoms with Gasteiger partial charge in [0.05, 0.1) is 18.0 Å². The van der Waals surface area contributed by atoms with Gasteiger partial charge in [-0.15, -0.1) is 0 Å². The Labute approximate surface area is 173 Å². The van der Waals surface area contributed by atoms with Crippen molar-refractivity contribution in [3.8, 4) is 5.69 Å². The van der Waals surface area contributed by atoms with Crippen LogP contribution in [0.15, 0.2) is 36.5 Å². The molecular weight excluding hydrogens is 397 g/mol. The molecule has 2 saturated heterocycles. The van der Waals surface area contributed by atoms with Crippen LogP contribution < -0.4 is 5.32 Å². The molecule has 6 nitrogen and oxygen atoms in total. The van der Waals surface area contributed by atoms with Crippen molar-refractivity contribution in [1.82, 2.24) is 20.0 Å². The molecule has 162 valence electrons. The molecule has 2 fully saturated rings. The highest BCUT2D eigenvalue weighted by Gasteiger charge is 2.35. The Bertz CT molecular complexity index is 869. The van der Waals surface area contributed by atoms with Crippen molar-refractivity contribution in [2.24, 2.45) is 0 Å². The number of nitrogens with zero attached hydrogens (tertiary/aromatic N) is 3. The second kappa shape index (κ2) is 8.77. The molecular formula is C21H25F3N4O2. The highest BCUT2D eigenvalue weighted by atomic mass is 19.4. The normalized spacial score (nSPS) is 21.1. The first-order valence-electron chi connectivity index (χ1n) is 10.3. The molecule has 0 radical (unpaired) electrons. The zero-order valence-corrected chi connectivity index (χ0v) is 16.6. The van der Waals surface area contributed by atoms with Crippen LogP contribution in [0.2, 0.25) is 0 Å². The van der Waals surface area contributed by atoms with Gasteiger partial charge in [0.1, 0.15) is 5.69 Å². The first-order chi connectivity index (χ1) is 14.4. The summed E-state index contributed by atoms with van der Waals surface area (Å²) < 4.78 is 45.9. The lowest BCUT2D eigenvalue weighted by atomic mass is 10.0. The Morgan fingerprint density at radius 3 is 2.70 bits per heavy atom. The maximum atomic E-state index is 13.1. The van der Waals surface area contributed by atoms with Crippen LogP contribution in [-0.4, -0.2) is 59.0 Å². The number of aromatic nitrogens is 2. The van der Waals surface area contributed by atoms with Gasteiger partial charge in [-0.2, -0.15) is 18.3 Å². The summed E-state index contributed by atoms with van der Waals surface area (Å²) in [5.74, 6) is -0.282. The van der Waals surface area contributed by atoms with Crippen molar-refractivity contribution in [3.05, 3.63) is 47.8 Å². The van der Waals surface area contributed by atoms with E-state index >= 15 is 0 Å². The fourth-order valence-electron chi connectivity index (χ4n) is 4.11. The number of rotatable bonds is 5. The molecule has 1 atom stereocenters. The minimum atomic E-state index is -4.52. The van der Waals surface area contributed by atoms with Crippen molar-refractivity contribution < 1.29 is 22.7 Å². The first-order valence-corrected chi connectivity index (χ1v) is 10.3. The van der Waals surface area contributed by atoms with Crippen LogP contribution in [0.3, 0.4) is 0 Å². The molecule has 1 aromatic heterocycles. The number of hydrogen-bond acceptors (Lipinski definition) is 4. The molecule has 0 saturated carbocycles. The Morgan fingerprint density at radius 1 is 1.20 bits per heavy atom. The van der Waals surface area contributed by atoms with E-state index in [1.165, 1.54) is 12.1 Å². The molecule has 1 aromatic carbocycles. The Balaban J connectivity index is 1.36. The first kappa shape index (κ1) is 20.9. The minimum Gasteiger partial charge on any atom is -0.377 e. The summed E-state index contributed by atoms with van der Waals surface area (Å²) in [7, 11) is 0. The second-order valence-electron chi connectivity index (χ2n) is 7.86. The maximum absolute atomic E-state index is 13.1. The highest BCUT2D eigenvalue weighted by Crippen LogP contribution is 2.30. The zero-order valence-electron chi connectivity index (χ0n) is 16.6. The number of halogens is 3. The molecule has 2 aliphatic heterocycles. The number of ether oxygens (including phenoxy) is 1. The van der Waals surface area contributed by atoms with Crippen LogP contribution in [0.25, 0.3) is 5.69 Å². The summed E-state index contributed by atoms with van der Waals surface area (Å²) in [4.78, 5) is 15.1. The van der Waals surface area contributed by atoms with E-state index in [0.717, 1.165) is 68.9 Å². The number of likely N-dealkylation sites (tertiary alicyclic amines) is 1. The molecule has 4 rings (SSSR count). The fraction of sp³-hybridized carbons (Fsp3) is 0.524. The number of carbonyl (C=O) groups is 1. The monoisotopic (exact) mass is 422 g/mol. The molecule has 0 bridgehead atoms. The summed E-state index contributed by atoms with van der Waals surface area (Å²) in [6, 6.07) is 7.07. The van der Waals surface area contributed by atoms with E-state index in [4.69, 9.17) is 4.74 Å². The zero-order chi connectivity index (χ0) is 21.1. The maximum Gasteiger partial charge on any atom is 0.433 e. The Hall–Kier alpha value is -2.39. The molecule has 1 N–H and O–H groups in total. The number of piperidine rings is 1. The quantitative estimate of drug-likeness (QED) is 0.804. The topological polar surface area (TPSA) is 59.4 Å². The molecule has 9 heteroatoms. The lowest BCUT2D eigenvalue weighted by molar-refractivity contribution is -0.142. The molecule has 3 heterocycles. The molecule has 0 spiro atoms. The molecule has 2 aromatic rings. The fourth-order valence-corrected chi connectivity index (χ4v) is 4.11. The standard InChI is InChI=1S/C21H25F3N4O2/c22-21(23,24)19-6-9-25-28(19)17-4-1-3-15(13-17)20(29)26-16-7-10-27(11-8-16)14-18-5-2-12-30-18/h1,3-4,6,9,13,16,18H,2,5,7-8,10-12,14H2,(H,26,29). The van der Waals surface area contributed by atoms with E-state index in [9.17, 15) is 18.0 Å². The number of benzene rings is 1. The van der Waals surface area contributed by atoms with E-state index in [1.54, 1.807) is 12.1 Å². The summed E-state index contributed by atoms with van der Waals surface area (Å²) in [5, 5.41) is 6.79. The lowest BCUT2D eigenvalue weighted by Gasteiger charge is -2.33. The molecule has 0 aliphatic carbocycles. The van der Waals surface area contributed by atoms with Gasteiger partial charge in [0.25, 0.3) is 5.91 Å². The molecule has 1 unspecified atom stereocenters. The van der Waals surface area contributed by atoms with Gasteiger partial charge >= 0.3 is 6.18 Å². The molecule has 2 aliphatic rings. The van der Waals surface area contributed by atoms with Gasteiger partial charge in [0.2, 0.25) is 0 Å². The summed E-state index contributed by atoms with van der Waals surface area (Å²) in [6.07, 6.45) is 0.818. The summed E-state index contributed by atoms with van der Waals surface area (Å²) in [6.45, 7) is 3.58. The number of nitrogens with one attached hydrogen (secondary N) is 1. The van der Waals surface area contributed by atoms with E-state index in [2.05, 4.69) is 15.3 Å². The third-order valence-corrected chi connectivity index (χ3v) is 5.69. The van der Waals surface area contributed by atoms with E-state index in [0.29, 0.717) is 11.7 Å². The van der Waals surface area contributed by atoms with Crippen molar-refractivity contribution in [1.29, 1.82) is 0 Å². The van der Waals surface area contributed by atoms with Crippen LogP contribution in [0, 0.1) is 0 Å². The van der Waals surface area contributed by atoms with Crippen molar-refractivity contribution in [3.63, 3.8) is 0 Å². The van der Waals surface area contributed by atoms with Crippen LogP contribution in [-0.2, 0) is 10.9 Å². The summed E-state index contributed by atoms with van der Waals surface area (Å²) in [5.41, 5.74) is -0.358. The van der Waals surface area contributed by atoms with E-state index < -0.39 is 11.9 Å². The Morgan fingerprint density at radius 2 is 2.00 bits per heavy atom. The largest absolute Gasteiger partial charge is 0.433 e. The van der Waals surface area contributed by atoms with Crippen molar-refractivity contribution in [2.45, 2.75) is 44.0 Å². The van der Waals surface area contributed by atoms with E-state index in [-0.39, 0.29) is 17.6 Å². The van der Waals surface area contributed by atoms with E-state index in [1.807, 2.05) is 0 Å². The number of carbonyl (C=O) groups excluding carboxylic acids is 1. The van der Waals surface area contributed by atoms with Gasteiger partial charge < -0.3 is 15.0 Å². The van der Waals surface area contributed by atoms with Gasteiger partial charge in [-0.25, -0.2) is 4.68 Å². The molecule has 1 amide bonds. The van der Waals surface area contributed by atoms with Gasteiger partial charge in [0, 0.05) is 37.8 Å². The lowest BCUT2D eigenvalue weighted by Crippen LogP contribution is -2.46. The highest BCUT2D eigenvalue weighted by molar-refractivity contribution is 5.94. The molecule has 30 heavy (non-hydrogen) atoms. The number of alkyl halides is 3. The third-order valence-electron chi connectivity index (χ3n) is 5.69. The van der Waals surface area contributed by atoms with Crippen LogP contribution in [0.5, 0.6) is 0 Å². The third kappa shape index (κ3) is 4.84. The van der Waals surface area contributed by atoms with Crippen molar-refractivity contribution in [2.75, 3.05) is 26.2 Å². The van der Waals surface area contributed by atoms with Crippen molar-refractivity contribution >= 4 is 5.91 Å². The second-order valence-corrected chi connectivity index (χ2v) is 7.86. The SMILES string of the molecule is O=C(NC1CCN(CC2CCCO2)CC1)c1cccc(-n2nccc2C(F)(F)F)c1. The van der Waals surface area contributed by atoms with Gasteiger partial charge in [-0.1, -0.05) is 6.07 Å². The average Bonchev–Trinajstić information content (AvgIpc) is 3.41. The van der Waals surface area contributed by atoms with Crippen LogP contribution in [0.1, 0.15) is 41.7 Å². The van der Waals surface area contributed by atoms with Crippen LogP contribution in [0.4, 0.5) is 13.2 Å². The number of hydrogen-bond donors (Lipinski definition) is 1. The van der Waals surface area contributed by atoms with Gasteiger partial charge in [-0.05, 0) is 49.9 Å². The average molecular weight is 422 g/mol. The smallest absolute Gasteiger partial charge is 0.377 e. The Kier molecular flexibility index (Phi) is 6.10.